The number of thiazole rings is 1. The fraction of sp³-hybridized carbons (Fsp3) is 0.0769. The molecule has 0 radical (unpaired) electrons. The van der Waals surface area contributed by atoms with Gasteiger partial charge in [0, 0.05) is 5.56 Å². The van der Waals surface area contributed by atoms with Crippen molar-refractivity contribution in [2.75, 3.05) is 0 Å². The summed E-state index contributed by atoms with van der Waals surface area (Å²) in [5, 5.41) is 10.7. The van der Waals surface area contributed by atoms with Crippen molar-refractivity contribution in [1.29, 1.82) is 0 Å². The van der Waals surface area contributed by atoms with Gasteiger partial charge in [0.15, 0.2) is 5.75 Å². The SMILES string of the molecule is Cc1ncc(O)c2sc(-c3ccccc3)nc12. The Labute approximate surface area is 102 Å². The number of aromatic hydroxyl groups is 1. The molecule has 3 rings (SSSR count). The molecule has 1 aromatic carbocycles. The number of hydrogen-bond acceptors (Lipinski definition) is 4. The number of aryl methyl sites for hydroxylation is 1. The van der Waals surface area contributed by atoms with Crippen molar-refractivity contribution in [3.8, 4) is 16.3 Å². The van der Waals surface area contributed by atoms with Gasteiger partial charge in [0.2, 0.25) is 0 Å². The molecule has 0 bridgehead atoms. The van der Waals surface area contributed by atoms with Crippen molar-refractivity contribution in [3.63, 3.8) is 0 Å². The van der Waals surface area contributed by atoms with Crippen LogP contribution in [0.25, 0.3) is 20.8 Å². The molecule has 0 saturated carbocycles. The zero-order valence-electron chi connectivity index (χ0n) is 9.21. The molecule has 0 aliphatic heterocycles. The van der Waals surface area contributed by atoms with Crippen molar-refractivity contribution < 1.29 is 5.11 Å². The third kappa shape index (κ3) is 1.66. The molecule has 0 aliphatic rings. The summed E-state index contributed by atoms with van der Waals surface area (Å²) in [4.78, 5) is 8.65. The largest absolute Gasteiger partial charge is 0.505 e. The Morgan fingerprint density at radius 3 is 2.65 bits per heavy atom. The first kappa shape index (κ1) is 10.2. The van der Waals surface area contributed by atoms with E-state index in [0.717, 1.165) is 26.5 Å². The van der Waals surface area contributed by atoms with Gasteiger partial charge in [0.25, 0.3) is 0 Å². The van der Waals surface area contributed by atoms with E-state index in [2.05, 4.69) is 9.97 Å². The number of pyridine rings is 1. The summed E-state index contributed by atoms with van der Waals surface area (Å²) in [6, 6.07) is 9.95. The third-order valence-corrected chi connectivity index (χ3v) is 3.73. The van der Waals surface area contributed by atoms with E-state index in [4.69, 9.17) is 0 Å². The number of aromatic nitrogens is 2. The Morgan fingerprint density at radius 2 is 1.94 bits per heavy atom. The highest BCUT2D eigenvalue weighted by atomic mass is 32.1. The van der Waals surface area contributed by atoms with Crippen LogP contribution in [0.2, 0.25) is 0 Å². The highest BCUT2D eigenvalue weighted by molar-refractivity contribution is 7.22. The lowest BCUT2D eigenvalue weighted by Gasteiger charge is -1.94. The Hall–Kier alpha value is -1.94. The first-order valence-corrected chi connectivity index (χ1v) is 6.08. The van der Waals surface area contributed by atoms with Gasteiger partial charge in [-0.05, 0) is 6.92 Å². The second kappa shape index (κ2) is 3.82. The van der Waals surface area contributed by atoms with E-state index in [1.807, 2.05) is 37.3 Å². The lowest BCUT2D eigenvalue weighted by Crippen LogP contribution is -1.82. The predicted molar refractivity (Wildman–Crippen MR) is 69.3 cm³/mol. The molecule has 0 saturated heterocycles. The first-order valence-electron chi connectivity index (χ1n) is 5.26. The normalized spacial score (nSPS) is 10.9. The number of hydrogen-bond donors (Lipinski definition) is 1. The quantitative estimate of drug-likeness (QED) is 0.711. The van der Waals surface area contributed by atoms with Gasteiger partial charge in [0.05, 0.1) is 11.9 Å². The molecule has 0 unspecified atom stereocenters. The minimum absolute atomic E-state index is 0.199. The average Bonchev–Trinajstić information content (AvgIpc) is 2.81. The van der Waals surface area contributed by atoms with Crippen LogP contribution in [0.5, 0.6) is 5.75 Å². The van der Waals surface area contributed by atoms with Gasteiger partial charge in [-0.1, -0.05) is 30.3 Å². The topological polar surface area (TPSA) is 46.0 Å². The number of rotatable bonds is 1. The molecular weight excluding hydrogens is 232 g/mol. The average molecular weight is 242 g/mol. The molecule has 2 heterocycles. The third-order valence-electron chi connectivity index (χ3n) is 2.60. The van der Waals surface area contributed by atoms with Crippen molar-refractivity contribution in [1.82, 2.24) is 9.97 Å². The standard InChI is InChI=1S/C13H10N2OS/c1-8-11-12(10(16)7-14-8)17-13(15-11)9-5-3-2-4-6-9/h2-7,16H,1H3. The number of benzene rings is 1. The fourth-order valence-corrected chi connectivity index (χ4v) is 2.75. The second-order valence-electron chi connectivity index (χ2n) is 3.79. The molecule has 4 heteroatoms. The van der Waals surface area contributed by atoms with Crippen molar-refractivity contribution in [2.24, 2.45) is 0 Å². The van der Waals surface area contributed by atoms with Crippen molar-refractivity contribution >= 4 is 21.6 Å². The van der Waals surface area contributed by atoms with Gasteiger partial charge in [-0.15, -0.1) is 11.3 Å². The van der Waals surface area contributed by atoms with Gasteiger partial charge in [0.1, 0.15) is 15.2 Å². The maximum absolute atomic E-state index is 9.76. The van der Waals surface area contributed by atoms with E-state index in [0.29, 0.717) is 0 Å². The molecule has 0 aliphatic carbocycles. The van der Waals surface area contributed by atoms with Gasteiger partial charge in [-0.3, -0.25) is 4.98 Å². The Bertz CT molecular complexity index is 637. The van der Waals surface area contributed by atoms with Crippen LogP contribution >= 0.6 is 11.3 Å². The maximum Gasteiger partial charge on any atom is 0.153 e. The molecule has 17 heavy (non-hydrogen) atoms. The molecule has 84 valence electrons. The van der Waals surface area contributed by atoms with Gasteiger partial charge in [-0.25, -0.2) is 4.98 Å². The maximum atomic E-state index is 9.76. The van der Waals surface area contributed by atoms with Crippen LogP contribution in [-0.2, 0) is 0 Å². The Balaban J connectivity index is 2.27. The summed E-state index contributed by atoms with van der Waals surface area (Å²) < 4.78 is 0.802. The minimum Gasteiger partial charge on any atom is -0.505 e. The van der Waals surface area contributed by atoms with Crippen LogP contribution in [0.4, 0.5) is 0 Å². The van der Waals surface area contributed by atoms with Crippen LogP contribution in [-0.4, -0.2) is 15.1 Å². The fourth-order valence-electron chi connectivity index (χ4n) is 1.72. The lowest BCUT2D eigenvalue weighted by molar-refractivity contribution is 0.480. The minimum atomic E-state index is 0.199. The van der Waals surface area contributed by atoms with E-state index in [1.54, 1.807) is 0 Å². The Kier molecular flexibility index (Phi) is 2.30. The van der Waals surface area contributed by atoms with Crippen LogP contribution in [0, 0.1) is 6.92 Å². The summed E-state index contributed by atoms with van der Waals surface area (Å²) in [5.74, 6) is 0.199. The zero-order valence-corrected chi connectivity index (χ0v) is 10.0. The van der Waals surface area contributed by atoms with E-state index in [9.17, 15) is 5.11 Å². The van der Waals surface area contributed by atoms with Gasteiger partial charge >= 0.3 is 0 Å². The molecule has 0 amide bonds. The molecule has 0 spiro atoms. The predicted octanol–water partition coefficient (Wildman–Crippen LogP) is 3.37. The van der Waals surface area contributed by atoms with Gasteiger partial charge < -0.3 is 5.11 Å². The van der Waals surface area contributed by atoms with Crippen LogP contribution in [0.3, 0.4) is 0 Å². The second-order valence-corrected chi connectivity index (χ2v) is 4.79. The highest BCUT2D eigenvalue weighted by Gasteiger charge is 2.11. The molecule has 0 atom stereocenters. The van der Waals surface area contributed by atoms with Crippen molar-refractivity contribution in [3.05, 3.63) is 42.2 Å². The number of nitrogens with zero attached hydrogens (tertiary/aromatic N) is 2. The summed E-state index contributed by atoms with van der Waals surface area (Å²) in [6.07, 6.45) is 1.48. The summed E-state index contributed by atoms with van der Waals surface area (Å²) in [6.45, 7) is 1.90. The molecule has 3 nitrogen and oxygen atoms in total. The monoisotopic (exact) mass is 242 g/mol. The van der Waals surface area contributed by atoms with Crippen LogP contribution in [0.1, 0.15) is 5.69 Å². The molecule has 0 fully saturated rings. The van der Waals surface area contributed by atoms with E-state index < -0.39 is 0 Å². The van der Waals surface area contributed by atoms with Crippen LogP contribution < -0.4 is 0 Å². The number of fused-ring (bicyclic) bond motifs is 1. The van der Waals surface area contributed by atoms with E-state index in [-0.39, 0.29) is 5.75 Å². The van der Waals surface area contributed by atoms with E-state index in [1.165, 1.54) is 17.5 Å². The smallest absolute Gasteiger partial charge is 0.153 e. The van der Waals surface area contributed by atoms with Crippen molar-refractivity contribution in [2.45, 2.75) is 6.92 Å². The molecular formula is C13H10N2OS. The van der Waals surface area contributed by atoms with E-state index >= 15 is 0 Å². The van der Waals surface area contributed by atoms with Gasteiger partial charge in [-0.2, -0.15) is 0 Å². The summed E-state index contributed by atoms with van der Waals surface area (Å²) in [7, 11) is 0. The highest BCUT2D eigenvalue weighted by Crippen LogP contribution is 2.35. The summed E-state index contributed by atoms with van der Waals surface area (Å²) >= 11 is 1.49. The first-order chi connectivity index (χ1) is 8.25. The summed E-state index contributed by atoms with van der Waals surface area (Å²) in [5.41, 5.74) is 2.69. The zero-order chi connectivity index (χ0) is 11.8. The molecule has 2 aromatic heterocycles. The lowest BCUT2D eigenvalue weighted by atomic mass is 10.2. The molecule has 3 aromatic rings. The van der Waals surface area contributed by atoms with Crippen LogP contribution in [0.15, 0.2) is 36.5 Å². The molecule has 1 N–H and O–H groups in total. The Morgan fingerprint density at radius 1 is 1.18 bits per heavy atom.